The van der Waals surface area contributed by atoms with Gasteiger partial charge in [-0.15, -0.1) is 0 Å². The SMILES string of the molecule is CN=C(NCc1ccc(C(=O)N(C)C)cc1)NCC1CCCCN1Cc1ccccc1. The van der Waals surface area contributed by atoms with Gasteiger partial charge in [0.2, 0.25) is 0 Å². The van der Waals surface area contributed by atoms with Crippen LogP contribution in [0, 0.1) is 0 Å². The van der Waals surface area contributed by atoms with E-state index in [1.807, 2.05) is 24.3 Å². The lowest BCUT2D eigenvalue weighted by atomic mass is 10.0. The number of benzene rings is 2. The zero-order valence-corrected chi connectivity index (χ0v) is 19.0. The zero-order chi connectivity index (χ0) is 22.1. The summed E-state index contributed by atoms with van der Waals surface area (Å²) in [5.41, 5.74) is 3.18. The Morgan fingerprint density at radius 3 is 2.45 bits per heavy atom. The third-order valence-corrected chi connectivity index (χ3v) is 5.77. The summed E-state index contributed by atoms with van der Waals surface area (Å²) in [7, 11) is 5.33. The minimum atomic E-state index is 0.0181. The van der Waals surface area contributed by atoms with Crippen LogP contribution in [-0.4, -0.2) is 61.9 Å². The maximum atomic E-state index is 12.0. The van der Waals surface area contributed by atoms with Crippen LogP contribution < -0.4 is 10.6 Å². The third kappa shape index (κ3) is 6.82. The van der Waals surface area contributed by atoms with Crippen molar-refractivity contribution in [1.29, 1.82) is 0 Å². The van der Waals surface area contributed by atoms with E-state index in [2.05, 4.69) is 50.9 Å². The second-order valence-corrected chi connectivity index (χ2v) is 8.31. The number of carbonyl (C=O) groups excluding carboxylic acids is 1. The number of nitrogens with one attached hydrogen (secondary N) is 2. The van der Waals surface area contributed by atoms with Crippen LogP contribution in [0.4, 0.5) is 0 Å². The van der Waals surface area contributed by atoms with E-state index in [-0.39, 0.29) is 5.91 Å². The van der Waals surface area contributed by atoms with Crippen molar-refractivity contribution in [3.63, 3.8) is 0 Å². The molecule has 6 heteroatoms. The van der Waals surface area contributed by atoms with Gasteiger partial charge in [0, 0.05) is 52.4 Å². The molecular weight excluding hydrogens is 386 g/mol. The summed E-state index contributed by atoms with van der Waals surface area (Å²) in [5.74, 6) is 0.822. The topological polar surface area (TPSA) is 60.0 Å². The number of rotatable bonds is 7. The monoisotopic (exact) mass is 421 g/mol. The molecule has 2 aromatic rings. The molecule has 0 saturated carbocycles. The van der Waals surface area contributed by atoms with Gasteiger partial charge in [0.1, 0.15) is 0 Å². The highest BCUT2D eigenvalue weighted by molar-refractivity contribution is 5.93. The van der Waals surface area contributed by atoms with Crippen LogP contribution in [0.15, 0.2) is 59.6 Å². The van der Waals surface area contributed by atoms with Gasteiger partial charge in [-0.2, -0.15) is 0 Å². The normalized spacial score (nSPS) is 17.3. The van der Waals surface area contributed by atoms with Crippen LogP contribution in [0.3, 0.4) is 0 Å². The number of hydrogen-bond donors (Lipinski definition) is 2. The lowest BCUT2D eigenvalue weighted by molar-refractivity contribution is 0.0827. The van der Waals surface area contributed by atoms with Gasteiger partial charge in [-0.05, 0) is 42.6 Å². The van der Waals surface area contributed by atoms with Crippen LogP contribution in [0.5, 0.6) is 0 Å². The molecule has 0 radical (unpaired) electrons. The van der Waals surface area contributed by atoms with Crippen LogP contribution in [0.1, 0.15) is 40.7 Å². The summed E-state index contributed by atoms with van der Waals surface area (Å²) >= 11 is 0. The van der Waals surface area contributed by atoms with E-state index in [0.717, 1.165) is 31.2 Å². The second-order valence-electron chi connectivity index (χ2n) is 8.31. The maximum absolute atomic E-state index is 12.0. The van der Waals surface area contributed by atoms with Crippen LogP contribution in [0.2, 0.25) is 0 Å². The molecule has 166 valence electrons. The van der Waals surface area contributed by atoms with E-state index < -0.39 is 0 Å². The summed E-state index contributed by atoms with van der Waals surface area (Å²) in [5, 5.41) is 6.89. The van der Waals surface area contributed by atoms with E-state index in [1.165, 1.54) is 24.8 Å². The number of hydrogen-bond acceptors (Lipinski definition) is 3. The molecule has 2 aromatic carbocycles. The molecule has 1 fully saturated rings. The predicted molar refractivity (Wildman–Crippen MR) is 127 cm³/mol. The number of amides is 1. The van der Waals surface area contributed by atoms with Gasteiger partial charge in [-0.1, -0.05) is 48.9 Å². The molecule has 1 saturated heterocycles. The first kappa shape index (κ1) is 22.8. The minimum absolute atomic E-state index is 0.0181. The summed E-state index contributed by atoms with van der Waals surface area (Å²) in [4.78, 5) is 20.6. The Balaban J connectivity index is 1.49. The van der Waals surface area contributed by atoms with Gasteiger partial charge in [0.25, 0.3) is 5.91 Å². The fourth-order valence-corrected chi connectivity index (χ4v) is 3.96. The van der Waals surface area contributed by atoms with Crippen LogP contribution in [-0.2, 0) is 13.1 Å². The fraction of sp³-hybridized carbons (Fsp3) is 0.440. The summed E-state index contributed by atoms with van der Waals surface area (Å²) in [6.07, 6.45) is 3.75. The molecule has 0 bridgehead atoms. The maximum Gasteiger partial charge on any atom is 0.253 e. The molecule has 1 heterocycles. The Labute approximate surface area is 186 Å². The van der Waals surface area contributed by atoms with Crippen LogP contribution >= 0.6 is 0 Å². The van der Waals surface area contributed by atoms with Crippen molar-refractivity contribution >= 4 is 11.9 Å². The van der Waals surface area contributed by atoms with Crippen molar-refractivity contribution in [2.75, 3.05) is 34.2 Å². The molecule has 1 unspecified atom stereocenters. The minimum Gasteiger partial charge on any atom is -0.355 e. The van der Waals surface area contributed by atoms with E-state index in [0.29, 0.717) is 18.2 Å². The number of piperidine rings is 1. The molecule has 0 aromatic heterocycles. The molecule has 6 nitrogen and oxygen atoms in total. The van der Waals surface area contributed by atoms with Gasteiger partial charge in [-0.3, -0.25) is 14.7 Å². The summed E-state index contributed by atoms with van der Waals surface area (Å²) in [6.45, 7) is 3.68. The predicted octanol–water partition coefficient (Wildman–Crippen LogP) is 3.11. The first-order chi connectivity index (χ1) is 15.1. The summed E-state index contributed by atoms with van der Waals surface area (Å²) in [6, 6.07) is 18.9. The number of guanidine groups is 1. The zero-order valence-electron chi connectivity index (χ0n) is 19.0. The second kappa shape index (κ2) is 11.5. The van der Waals surface area contributed by atoms with Crippen molar-refractivity contribution in [1.82, 2.24) is 20.4 Å². The summed E-state index contributed by atoms with van der Waals surface area (Å²) < 4.78 is 0. The molecule has 31 heavy (non-hydrogen) atoms. The molecule has 0 spiro atoms. The van der Waals surface area contributed by atoms with E-state index in [9.17, 15) is 4.79 Å². The standard InChI is InChI=1S/C25H35N5O/c1-26-25(27-17-20-12-14-22(15-13-20)24(31)29(2)3)28-18-23-11-7-8-16-30(23)19-21-9-5-4-6-10-21/h4-6,9-10,12-15,23H,7-8,11,16-19H2,1-3H3,(H2,26,27,28). The van der Waals surface area contributed by atoms with Crippen molar-refractivity contribution in [3.05, 3.63) is 71.3 Å². The Bertz CT molecular complexity index is 848. The quantitative estimate of drug-likeness (QED) is 0.533. The molecule has 1 atom stereocenters. The first-order valence-corrected chi connectivity index (χ1v) is 11.1. The Hall–Kier alpha value is -2.86. The van der Waals surface area contributed by atoms with E-state index >= 15 is 0 Å². The van der Waals surface area contributed by atoms with Gasteiger partial charge in [0.15, 0.2) is 5.96 Å². The lowest BCUT2D eigenvalue weighted by Crippen LogP contribution is -2.48. The van der Waals surface area contributed by atoms with E-state index in [1.54, 1.807) is 26.0 Å². The first-order valence-electron chi connectivity index (χ1n) is 11.1. The molecular formula is C25H35N5O. The van der Waals surface area contributed by atoms with Crippen LogP contribution in [0.25, 0.3) is 0 Å². The molecule has 1 amide bonds. The Kier molecular flexibility index (Phi) is 8.47. The fourth-order valence-electron chi connectivity index (χ4n) is 3.96. The number of carbonyl (C=O) groups is 1. The van der Waals surface area contributed by atoms with E-state index in [4.69, 9.17) is 0 Å². The van der Waals surface area contributed by atoms with Gasteiger partial charge in [0.05, 0.1) is 0 Å². The molecule has 3 rings (SSSR count). The van der Waals surface area contributed by atoms with Gasteiger partial charge >= 0.3 is 0 Å². The highest BCUT2D eigenvalue weighted by atomic mass is 16.2. The highest BCUT2D eigenvalue weighted by Crippen LogP contribution is 2.19. The van der Waals surface area contributed by atoms with Crippen molar-refractivity contribution in [3.8, 4) is 0 Å². The van der Waals surface area contributed by atoms with Gasteiger partial charge < -0.3 is 15.5 Å². The highest BCUT2D eigenvalue weighted by Gasteiger charge is 2.22. The lowest BCUT2D eigenvalue weighted by Gasteiger charge is -2.36. The molecule has 1 aliphatic rings. The smallest absolute Gasteiger partial charge is 0.253 e. The van der Waals surface area contributed by atoms with Crippen molar-refractivity contribution in [2.24, 2.45) is 4.99 Å². The average Bonchev–Trinajstić information content (AvgIpc) is 2.80. The number of likely N-dealkylation sites (tertiary alicyclic amines) is 1. The Morgan fingerprint density at radius 1 is 1.03 bits per heavy atom. The number of aliphatic imine (C=N–C) groups is 1. The molecule has 0 aliphatic carbocycles. The van der Waals surface area contributed by atoms with Crippen molar-refractivity contribution < 1.29 is 4.79 Å². The third-order valence-electron chi connectivity index (χ3n) is 5.77. The Morgan fingerprint density at radius 2 is 1.77 bits per heavy atom. The van der Waals surface area contributed by atoms with Gasteiger partial charge in [-0.25, -0.2) is 0 Å². The van der Waals surface area contributed by atoms with Crippen molar-refractivity contribution in [2.45, 2.75) is 38.4 Å². The molecule has 1 aliphatic heterocycles. The largest absolute Gasteiger partial charge is 0.355 e. The number of nitrogens with zero attached hydrogens (tertiary/aromatic N) is 3. The molecule has 2 N–H and O–H groups in total. The average molecular weight is 422 g/mol.